The molecule has 1 N–H and O–H groups in total. The van der Waals surface area contributed by atoms with Crippen LogP contribution < -0.4 is 14.8 Å². The molecule has 0 radical (unpaired) electrons. The molecule has 1 unspecified atom stereocenters. The van der Waals surface area contributed by atoms with Crippen LogP contribution in [0.15, 0.2) is 17.0 Å². The van der Waals surface area contributed by atoms with E-state index >= 15 is 0 Å². The third-order valence-corrected chi connectivity index (χ3v) is 4.39. The number of methoxy groups -OCH3 is 2. The second-order valence-corrected chi connectivity index (χ2v) is 5.62. The summed E-state index contributed by atoms with van der Waals surface area (Å²) in [5.74, 6) is 1.87. The normalized spacial score (nSPS) is 23.1. The third kappa shape index (κ3) is 2.31. The summed E-state index contributed by atoms with van der Waals surface area (Å²) in [7, 11) is 3.45. The van der Waals surface area contributed by atoms with Crippen molar-refractivity contribution in [1.82, 2.24) is 5.32 Å². The van der Waals surface area contributed by atoms with Crippen molar-refractivity contribution >= 4 is 11.8 Å². The van der Waals surface area contributed by atoms with Gasteiger partial charge < -0.3 is 14.8 Å². The zero-order valence-corrected chi connectivity index (χ0v) is 12.3. The predicted molar refractivity (Wildman–Crippen MR) is 75.9 cm³/mol. The highest BCUT2D eigenvalue weighted by molar-refractivity contribution is 7.98. The van der Waals surface area contributed by atoms with Gasteiger partial charge in [0.05, 0.1) is 19.1 Å². The fraction of sp³-hybridized carbons (Fsp3) is 0.571. The van der Waals surface area contributed by atoms with Crippen molar-refractivity contribution in [2.45, 2.75) is 30.2 Å². The maximum absolute atomic E-state index is 5.63. The van der Waals surface area contributed by atoms with Gasteiger partial charge in [-0.15, -0.1) is 11.8 Å². The lowest BCUT2D eigenvalue weighted by Crippen LogP contribution is -2.33. The first kappa shape index (κ1) is 13.6. The van der Waals surface area contributed by atoms with E-state index in [2.05, 4.69) is 24.6 Å². The van der Waals surface area contributed by atoms with E-state index < -0.39 is 0 Å². The Hall–Kier alpha value is -0.870. The van der Waals surface area contributed by atoms with Gasteiger partial charge in [0.15, 0.2) is 0 Å². The number of hydrogen-bond acceptors (Lipinski definition) is 4. The smallest absolute Gasteiger partial charge is 0.137 e. The lowest BCUT2D eigenvalue weighted by molar-refractivity contribution is 0.356. The summed E-state index contributed by atoms with van der Waals surface area (Å²) in [6.07, 6.45) is 4.39. The number of thioether (sulfide) groups is 1. The van der Waals surface area contributed by atoms with E-state index in [4.69, 9.17) is 9.47 Å². The largest absolute Gasteiger partial charge is 0.497 e. The Morgan fingerprint density at radius 3 is 2.56 bits per heavy atom. The molecular formula is C14H21NO2S. The Morgan fingerprint density at radius 1 is 1.28 bits per heavy atom. The highest BCUT2D eigenvalue weighted by Crippen LogP contribution is 2.43. The fourth-order valence-corrected chi connectivity index (χ4v) is 3.20. The van der Waals surface area contributed by atoms with Crippen LogP contribution in [-0.4, -0.2) is 27.0 Å². The Bertz CT molecular complexity index is 428. The molecule has 0 bridgehead atoms. The maximum atomic E-state index is 5.63. The fourth-order valence-electron chi connectivity index (χ4n) is 2.59. The Kier molecular flexibility index (Phi) is 4.07. The molecule has 1 fully saturated rings. The summed E-state index contributed by atoms with van der Waals surface area (Å²) in [5.41, 5.74) is 1.19. The molecule has 1 aliphatic heterocycles. The van der Waals surface area contributed by atoms with E-state index in [-0.39, 0.29) is 5.54 Å². The topological polar surface area (TPSA) is 30.5 Å². The van der Waals surface area contributed by atoms with Crippen molar-refractivity contribution in [2.24, 2.45) is 0 Å². The Labute approximate surface area is 113 Å². The molecule has 1 heterocycles. The lowest BCUT2D eigenvalue weighted by atomic mass is 9.89. The van der Waals surface area contributed by atoms with Crippen LogP contribution in [0, 0.1) is 0 Å². The van der Waals surface area contributed by atoms with Gasteiger partial charge in [0.2, 0.25) is 0 Å². The van der Waals surface area contributed by atoms with Gasteiger partial charge >= 0.3 is 0 Å². The van der Waals surface area contributed by atoms with Crippen molar-refractivity contribution in [1.29, 1.82) is 0 Å². The van der Waals surface area contributed by atoms with E-state index in [1.165, 1.54) is 12.0 Å². The lowest BCUT2D eigenvalue weighted by Gasteiger charge is -2.28. The number of rotatable bonds is 4. The molecule has 0 aliphatic carbocycles. The monoisotopic (exact) mass is 267 g/mol. The highest BCUT2D eigenvalue weighted by Gasteiger charge is 2.34. The summed E-state index contributed by atoms with van der Waals surface area (Å²) >= 11 is 1.69. The molecule has 1 atom stereocenters. The van der Waals surface area contributed by atoms with Crippen LogP contribution in [0.3, 0.4) is 0 Å². The van der Waals surface area contributed by atoms with E-state index in [9.17, 15) is 0 Å². The molecule has 3 nitrogen and oxygen atoms in total. The van der Waals surface area contributed by atoms with Gasteiger partial charge in [-0.2, -0.15) is 0 Å². The molecular weight excluding hydrogens is 246 g/mol. The SMILES string of the molecule is COc1cc(SC)c(OC)c(C2(C)CCCN2)c1. The van der Waals surface area contributed by atoms with Crippen LogP contribution in [0.1, 0.15) is 25.3 Å². The minimum atomic E-state index is -0.00956. The number of ether oxygens (including phenoxy) is 2. The molecule has 1 saturated heterocycles. The molecule has 1 aromatic rings. The highest BCUT2D eigenvalue weighted by atomic mass is 32.2. The Morgan fingerprint density at radius 2 is 2.06 bits per heavy atom. The van der Waals surface area contributed by atoms with Crippen molar-refractivity contribution in [3.05, 3.63) is 17.7 Å². The second kappa shape index (κ2) is 5.41. The van der Waals surface area contributed by atoms with Crippen LogP contribution in [-0.2, 0) is 5.54 Å². The molecule has 0 saturated carbocycles. The molecule has 18 heavy (non-hydrogen) atoms. The van der Waals surface area contributed by atoms with Crippen LogP contribution in [0.2, 0.25) is 0 Å². The van der Waals surface area contributed by atoms with Crippen molar-refractivity contribution in [3.8, 4) is 11.5 Å². The number of nitrogens with one attached hydrogen (secondary N) is 1. The summed E-state index contributed by atoms with van der Waals surface area (Å²) in [4.78, 5) is 1.13. The van der Waals surface area contributed by atoms with Gasteiger partial charge in [0.25, 0.3) is 0 Å². The van der Waals surface area contributed by atoms with Gasteiger partial charge in [-0.3, -0.25) is 0 Å². The number of benzene rings is 1. The summed E-state index contributed by atoms with van der Waals surface area (Å²) in [6, 6.07) is 4.13. The number of hydrogen-bond donors (Lipinski definition) is 1. The van der Waals surface area contributed by atoms with Gasteiger partial charge in [0.1, 0.15) is 11.5 Å². The summed E-state index contributed by atoms with van der Waals surface area (Å²) < 4.78 is 11.0. The van der Waals surface area contributed by atoms with Crippen molar-refractivity contribution in [2.75, 3.05) is 27.0 Å². The molecule has 0 amide bonds. The standard InChI is InChI=1S/C14H21NO2S/c1-14(6-5-7-15-14)11-8-10(16-2)9-12(18-4)13(11)17-3/h8-9,15H,5-7H2,1-4H3. The predicted octanol–water partition coefficient (Wildman–Crippen LogP) is 3.02. The van der Waals surface area contributed by atoms with Gasteiger partial charge in [0, 0.05) is 11.1 Å². The summed E-state index contributed by atoms with van der Waals surface area (Å²) in [6.45, 7) is 3.30. The molecule has 1 aliphatic rings. The Balaban J connectivity index is 2.55. The zero-order chi connectivity index (χ0) is 13.2. The van der Waals surface area contributed by atoms with Crippen molar-refractivity contribution in [3.63, 3.8) is 0 Å². The molecule has 4 heteroatoms. The van der Waals surface area contributed by atoms with E-state index in [1.807, 2.05) is 6.07 Å². The van der Waals surface area contributed by atoms with Gasteiger partial charge in [-0.25, -0.2) is 0 Å². The van der Waals surface area contributed by atoms with Crippen LogP contribution in [0.4, 0.5) is 0 Å². The van der Waals surface area contributed by atoms with Crippen LogP contribution in [0.25, 0.3) is 0 Å². The first-order valence-corrected chi connectivity index (χ1v) is 7.42. The van der Waals surface area contributed by atoms with E-state index in [0.29, 0.717) is 0 Å². The van der Waals surface area contributed by atoms with Crippen molar-refractivity contribution < 1.29 is 9.47 Å². The van der Waals surface area contributed by atoms with Crippen LogP contribution >= 0.6 is 11.8 Å². The average molecular weight is 267 g/mol. The first-order valence-electron chi connectivity index (χ1n) is 6.20. The molecule has 0 spiro atoms. The first-order chi connectivity index (χ1) is 8.64. The maximum Gasteiger partial charge on any atom is 0.137 e. The summed E-state index contributed by atoms with van der Waals surface area (Å²) in [5, 5.41) is 3.58. The average Bonchev–Trinajstić information content (AvgIpc) is 2.85. The third-order valence-electron chi connectivity index (χ3n) is 3.65. The van der Waals surface area contributed by atoms with Crippen LogP contribution in [0.5, 0.6) is 11.5 Å². The van der Waals surface area contributed by atoms with Gasteiger partial charge in [-0.1, -0.05) is 0 Å². The molecule has 0 aromatic heterocycles. The van der Waals surface area contributed by atoms with Gasteiger partial charge in [-0.05, 0) is 44.7 Å². The zero-order valence-electron chi connectivity index (χ0n) is 11.5. The molecule has 1 aromatic carbocycles. The van der Waals surface area contributed by atoms with E-state index in [1.54, 1.807) is 26.0 Å². The minimum Gasteiger partial charge on any atom is -0.497 e. The second-order valence-electron chi connectivity index (χ2n) is 4.77. The molecule has 100 valence electrons. The molecule has 2 rings (SSSR count). The quantitative estimate of drug-likeness (QED) is 0.850. The van der Waals surface area contributed by atoms with E-state index in [0.717, 1.165) is 29.4 Å². The minimum absolute atomic E-state index is 0.00956.